The Hall–Kier alpha value is -3.00. The maximum atomic E-state index is 12.8. The Morgan fingerprint density at radius 3 is 2.77 bits per heavy atom. The normalized spacial score (nSPS) is 10.6. The molecule has 0 fully saturated rings. The van der Waals surface area contributed by atoms with Crippen molar-refractivity contribution in [1.29, 1.82) is 0 Å². The second-order valence-electron chi connectivity index (χ2n) is 6.53. The predicted octanol–water partition coefficient (Wildman–Crippen LogP) is 4.40. The number of hydrogen-bond acceptors (Lipinski definition) is 7. The monoisotopic (exact) mass is 427 g/mol. The summed E-state index contributed by atoms with van der Waals surface area (Å²) in [4.78, 5) is 17.8. The second kappa shape index (κ2) is 10.7. The van der Waals surface area contributed by atoms with Crippen LogP contribution in [0.4, 0.5) is 0 Å². The molecule has 0 spiro atoms. The summed E-state index contributed by atoms with van der Waals surface area (Å²) in [7, 11) is 1.61. The van der Waals surface area contributed by atoms with E-state index in [9.17, 15) is 4.79 Å². The van der Waals surface area contributed by atoms with E-state index in [1.165, 1.54) is 11.8 Å². The van der Waals surface area contributed by atoms with Gasteiger partial charge in [-0.1, -0.05) is 30.3 Å². The van der Waals surface area contributed by atoms with Crippen molar-refractivity contribution in [2.45, 2.75) is 37.5 Å². The highest BCUT2D eigenvalue weighted by Crippen LogP contribution is 2.29. The summed E-state index contributed by atoms with van der Waals surface area (Å²) in [5, 5.41) is 6.87. The zero-order chi connectivity index (χ0) is 21.3. The van der Waals surface area contributed by atoms with Crippen LogP contribution in [0.3, 0.4) is 0 Å². The first-order valence-electron chi connectivity index (χ1n) is 9.69. The smallest absolute Gasteiger partial charge is 0.252 e. The number of nitrogens with one attached hydrogen (secondary N) is 1. The van der Waals surface area contributed by atoms with E-state index in [0.29, 0.717) is 47.7 Å². The van der Waals surface area contributed by atoms with Crippen molar-refractivity contribution < 1.29 is 18.8 Å². The van der Waals surface area contributed by atoms with Crippen molar-refractivity contribution in [3.8, 4) is 11.5 Å². The van der Waals surface area contributed by atoms with Crippen LogP contribution in [0.1, 0.15) is 41.0 Å². The fourth-order valence-corrected chi connectivity index (χ4v) is 3.65. The first kappa shape index (κ1) is 21.7. The van der Waals surface area contributed by atoms with Gasteiger partial charge in [-0.15, -0.1) is 11.8 Å². The summed E-state index contributed by atoms with van der Waals surface area (Å²) in [6, 6.07) is 13.1. The zero-order valence-corrected chi connectivity index (χ0v) is 18.1. The number of hydrogen-bond donors (Lipinski definition) is 1. The molecular weight excluding hydrogens is 402 g/mol. The van der Waals surface area contributed by atoms with Gasteiger partial charge in [-0.3, -0.25) is 4.79 Å². The van der Waals surface area contributed by atoms with Crippen LogP contribution in [0.2, 0.25) is 0 Å². The van der Waals surface area contributed by atoms with Crippen molar-refractivity contribution in [2.75, 3.05) is 13.7 Å². The molecule has 0 atom stereocenters. The topological polar surface area (TPSA) is 86.5 Å². The number of amides is 1. The summed E-state index contributed by atoms with van der Waals surface area (Å²) in [5.41, 5.74) is 1.54. The highest BCUT2D eigenvalue weighted by molar-refractivity contribution is 7.98. The molecule has 1 aromatic heterocycles. The minimum atomic E-state index is -0.146. The summed E-state index contributed by atoms with van der Waals surface area (Å²) < 4.78 is 16.1. The van der Waals surface area contributed by atoms with E-state index in [-0.39, 0.29) is 5.91 Å². The predicted molar refractivity (Wildman–Crippen MR) is 115 cm³/mol. The molecule has 1 amide bonds. The highest BCUT2D eigenvalue weighted by Gasteiger charge is 2.13. The molecule has 0 radical (unpaired) electrons. The number of nitrogens with zero attached hydrogens (tertiary/aromatic N) is 2. The van der Waals surface area contributed by atoms with Gasteiger partial charge in [0.1, 0.15) is 0 Å². The molecule has 7 nitrogen and oxygen atoms in total. The van der Waals surface area contributed by atoms with Crippen molar-refractivity contribution in [3.05, 3.63) is 65.3 Å². The van der Waals surface area contributed by atoms with Crippen LogP contribution in [-0.2, 0) is 12.3 Å². The van der Waals surface area contributed by atoms with E-state index in [1.807, 2.05) is 36.4 Å². The van der Waals surface area contributed by atoms with Gasteiger partial charge in [0.05, 0.1) is 25.0 Å². The molecular formula is C22H25N3O4S. The number of benzene rings is 2. The summed E-state index contributed by atoms with van der Waals surface area (Å²) in [6.07, 6.45) is 0.921. The molecule has 3 aromatic rings. The fraction of sp³-hybridized carbons (Fsp3) is 0.318. The molecule has 0 aliphatic carbocycles. The van der Waals surface area contributed by atoms with E-state index in [1.54, 1.807) is 20.1 Å². The van der Waals surface area contributed by atoms with Gasteiger partial charge in [0.2, 0.25) is 5.89 Å². The number of aromatic nitrogens is 2. The van der Waals surface area contributed by atoms with E-state index in [2.05, 4.69) is 22.4 Å². The molecule has 0 unspecified atom stereocenters. The number of carbonyl (C=O) groups is 1. The highest BCUT2D eigenvalue weighted by atomic mass is 32.2. The van der Waals surface area contributed by atoms with Crippen molar-refractivity contribution >= 4 is 17.7 Å². The van der Waals surface area contributed by atoms with E-state index in [4.69, 9.17) is 14.0 Å². The van der Waals surface area contributed by atoms with Gasteiger partial charge in [-0.2, -0.15) is 4.98 Å². The quantitative estimate of drug-likeness (QED) is 0.480. The molecule has 1 N–H and O–H groups in total. The van der Waals surface area contributed by atoms with Gasteiger partial charge < -0.3 is 19.3 Å². The Balaban J connectivity index is 1.63. The van der Waals surface area contributed by atoms with Crippen LogP contribution < -0.4 is 14.8 Å². The number of ether oxygens (including phenoxy) is 2. The standard InChI is InChI=1S/C22H25N3O4S/c1-4-11-28-18-10-9-16(12-19(18)27-3)13-23-22(26)17-7-5-6-8-20(17)30-14-21-24-15(2)29-25-21/h5-10,12H,4,11,13-14H2,1-3H3,(H,23,26). The zero-order valence-electron chi connectivity index (χ0n) is 17.3. The molecule has 30 heavy (non-hydrogen) atoms. The molecule has 3 rings (SSSR count). The lowest BCUT2D eigenvalue weighted by molar-refractivity contribution is 0.0948. The average Bonchev–Trinajstić information content (AvgIpc) is 3.20. The molecule has 0 aliphatic heterocycles. The first-order chi connectivity index (χ1) is 14.6. The van der Waals surface area contributed by atoms with Crippen LogP contribution in [-0.4, -0.2) is 29.8 Å². The molecule has 0 saturated carbocycles. The SMILES string of the molecule is CCCOc1ccc(CNC(=O)c2ccccc2SCc2noc(C)n2)cc1OC. The molecule has 8 heteroatoms. The lowest BCUT2D eigenvalue weighted by Gasteiger charge is -2.13. The molecule has 2 aromatic carbocycles. The number of aryl methyl sites for hydroxylation is 1. The molecule has 0 saturated heterocycles. The fourth-order valence-electron chi connectivity index (χ4n) is 2.75. The Morgan fingerprint density at radius 1 is 1.20 bits per heavy atom. The largest absolute Gasteiger partial charge is 0.493 e. The summed E-state index contributed by atoms with van der Waals surface area (Å²) in [6.45, 7) is 4.81. The van der Waals surface area contributed by atoms with Crippen molar-refractivity contribution in [3.63, 3.8) is 0 Å². The third-order valence-electron chi connectivity index (χ3n) is 4.20. The van der Waals surface area contributed by atoms with Crippen molar-refractivity contribution in [2.24, 2.45) is 0 Å². The molecule has 1 heterocycles. The molecule has 0 bridgehead atoms. The lowest BCUT2D eigenvalue weighted by atomic mass is 10.1. The third-order valence-corrected chi connectivity index (χ3v) is 5.27. The first-order valence-corrected chi connectivity index (χ1v) is 10.7. The molecule has 0 aliphatic rings. The van der Waals surface area contributed by atoms with Crippen LogP contribution in [0.15, 0.2) is 51.9 Å². The number of methoxy groups -OCH3 is 1. The Morgan fingerprint density at radius 2 is 2.03 bits per heavy atom. The third kappa shape index (κ3) is 5.76. The Bertz CT molecular complexity index is 990. The van der Waals surface area contributed by atoms with Crippen LogP contribution in [0.5, 0.6) is 11.5 Å². The van der Waals surface area contributed by atoms with Crippen LogP contribution in [0.25, 0.3) is 0 Å². The summed E-state index contributed by atoms with van der Waals surface area (Å²) in [5.74, 6) is 2.86. The van der Waals surface area contributed by atoms with Gasteiger partial charge in [0.25, 0.3) is 5.91 Å². The van der Waals surface area contributed by atoms with Gasteiger partial charge >= 0.3 is 0 Å². The Labute approximate surface area is 180 Å². The summed E-state index contributed by atoms with van der Waals surface area (Å²) >= 11 is 1.50. The van der Waals surface area contributed by atoms with Gasteiger partial charge in [-0.05, 0) is 36.2 Å². The van der Waals surface area contributed by atoms with Crippen LogP contribution >= 0.6 is 11.8 Å². The number of carbonyl (C=O) groups excluding carboxylic acids is 1. The number of thioether (sulfide) groups is 1. The van der Waals surface area contributed by atoms with E-state index in [0.717, 1.165) is 16.9 Å². The van der Waals surface area contributed by atoms with Crippen molar-refractivity contribution in [1.82, 2.24) is 15.5 Å². The van der Waals surface area contributed by atoms with Gasteiger partial charge in [-0.25, -0.2) is 0 Å². The van der Waals surface area contributed by atoms with Gasteiger partial charge in [0, 0.05) is 18.4 Å². The maximum Gasteiger partial charge on any atom is 0.252 e. The van der Waals surface area contributed by atoms with E-state index < -0.39 is 0 Å². The van der Waals surface area contributed by atoms with Gasteiger partial charge in [0.15, 0.2) is 17.3 Å². The molecule has 158 valence electrons. The average molecular weight is 428 g/mol. The maximum absolute atomic E-state index is 12.8. The number of rotatable bonds is 10. The lowest BCUT2D eigenvalue weighted by Crippen LogP contribution is -2.23. The minimum absolute atomic E-state index is 0.146. The van der Waals surface area contributed by atoms with E-state index >= 15 is 0 Å². The van der Waals surface area contributed by atoms with Crippen LogP contribution in [0, 0.1) is 6.92 Å². The second-order valence-corrected chi connectivity index (χ2v) is 7.55. The Kier molecular flexibility index (Phi) is 7.73. The minimum Gasteiger partial charge on any atom is -0.493 e.